The van der Waals surface area contributed by atoms with Gasteiger partial charge in [-0.15, -0.1) is 12.4 Å². The van der Waals surface area contributed by atoms with Gasteiger partial charge >= 0.3 is 0 Å². The average Bonchev–Trinajstić information content (AvgIpc) is 2.62. The Kier molecular flexibility index (Phi) is 2.80. The fraction of sp³-hybridized carbons (Fsp3) is 0.600. The minimum absolute atomic E-state index is 0. The molecule has 0 amide bonds. The maximum atomic E-state index is 4.34. The molecule has 0 aromatic carbocycles. The Morgan fingerprint density at radius 3 is 2.80 bits per heavy atom. The lowest BCUT2D eigenvalue weighted by Crippen LogP contribution is -2.22. The topological polar surface area (TPSA) is 49.8 Å². The van der Waals surface area contributed by atoms with Gasteiger partial charge in [-0.1, -0.05) is 0 Å². The Hall–Kier alpha value is -0.870. The van der Waals surface area contributed by atoms with Gasteiger partial charge < -0.3 is 10.6 Å². The highest BCUT2D eigenvalue weighted by molar-refractivity contribution is 5.85. The van der Waals surface area contributed by atoms with Crippen molar-refractivity contribution in [1.82, 2.24) is 15.3 Å². The van der Waals surface area contributed by atoms with Gasteiger partial charge in [-0.25, -0.2) is 9.97 Å². The molecule has 1 saturated heterocycles. The third-order valence-electron chi connectivity index (χ3n) is 3.18. The summed E-state index contributed by atoms with van der Waals surface area (Å²) >= 11 is 0. The molecule has 3 rings (SSSR count). The third kappa shape index (κ3) is 1.92. The van der Waals surface area contributed by atoms with Crippen molar-refractivity contribution in [2.75, 3.05) is 18.4 Å². The fourth-order valence-electron chi connectivity index (χ4n) is 2.30. The van der Waals surface area contributed by atoms with Crippen molar-refractivity contribution in [1.29, 1.82) is 0 Å². The summed E-state index contributed by atoms with van der Waals surface area (Å²) in [7, 11) is 0. The molecule has 0 bridgehead atoms. The van der Waals surface area contributed by atoms with E-state index in [9.17, 15) is 0 Å². The zero-order chi connectivity index (χ0) is 9.54. The van der Waals surface area contributed by atoms with Gasteiger partial charge in [0.25, 0.3) is 0 Å². The predicted octanol–water partition coefficient (Wildman–Crippen LogP) is 0.837. The maximum Gasteiger partial charge on any atom is 0.223 e. The molecule has 0 spiro atoms. The Labute approximate surface area is 95.3 Å². The van der Waals surface area contributed by atoms with Crippen LogP contribution in [0.5, 0.6) is 0 Å². The van der Waals surface area contributed by atoms with Crippen LogP contribution in [0, 0.1) is 18.8 Å². The van der Waals surface area contributed by atoms with Gasteiger partial charge in [0.1, 0.15) is 0 Å². The first-order valence-corrected chi connectivity index (χ1v) is 5.11. The Morgan fingerprint density at radius 2 is 2.13 bits per heavy atom. The fourth-order valence-corrected chi connectivity index (χ4v) is 2.30. The standard InChI is InChI=1S/C10H14N4.ClH/c1-6-2-3-12-10(13-6)14-9-7-4-11-5-8(7)9;/h2-3,7-9,11H,4-5H2,1H3,(H,12,13,14);1H/t7-,8+,9?;. The van der Waals surface area contributed by atoms with Gasteiger partial charge in [0.15, 0.2) is 0 Å². The number of rotatable bonds is 2. The van der Waals surface area contributed by atoms with Crippen LogP contribution in [0.1, 0.15) is 5.69 Å². The van der Waals surface area contributed by atoms with Crippen molar-refractivity contribution in [3.8, 4) is 0 Å². The summed E-state index contributed by atoms with van der Waals surface area (Å²) in [6.45, 7) is 4.28. The van der Waals surface area contributed by atoms with Gasteiger partial charge in [-0.2, -0.15) is 0 Å². The molecule has 5 heteroatoms. The van der Waals surface area contributed by atoms with E-state index in [1.54, 1.807) is 6.20 Å². The molecule has 2 heterocycles. The molecule has 1 aromatic rings. The molecule has 0 radical (unpaired) electrons. The highest BCUT2D eigenvalue weighted by Crippen LogP contribution is 2.43. The Morgan fingerprint density at radius 1 is 1.40 bits per heavy atom. The van der Waals surface area contributed by atoms with Crippen LogP contribution in [-0.4, -0.2) is 29.1 Å². The summed E-state index contributed by atoms with van der Waals surface area (Å²) in [5, 5.41) is 6.76. The summed E-state index contributed by atoms with van der Waals surface area (Å²) in [5.41, 5.74) is 1.02. The maximum absolute atomic E-state index is 4.34. The number of halogens is 1. The van der Waals surface area contributed by atoms with Crippen LogP contribution in [0.4, 0.5) is 5.95 Å². The van der Waals surface area contributed by atoms with Gasteiger partial charge in [0, 0.05) is 31.0 Å². The third-order valence-corrected chi connectivity index (χ3v) is 3.18. The number of fused-ring (bicyclic) bond motifs is 1. The molecule has 1 aromatic heterocycles. The summed E-state index contributed by atoms with van der Waals surface area (Å²) in [6, 6.07) is 2.53. The monoisotopic (exact) mass is 226 g/mol. The lowest BCUT2D eigenvalue weighted by Gasteiger charge is -2.07. The summed E-state index contributed by atoms with van der Waals surface area (Å²) in [4.78, 5) is 8.54. The number of aryl methyl sites for hydroxylation is 1. The van der Waals surface area contributed by atoms with E-state index >= 15 is 0 Å². The van der Waals surface area contributed by atoms with E-state index in [-0.39, 0.29) is 12.4 Å². The smallest absolute Gasteiger partial charge is 0.223 e. The van der Waals surface area contributed by atoms with E-state index in [0.717, 1.165) is 36.6 Å². The number of hydrogen-bond acceptors (Lipinski definition) is 4. The molecule has 4 nitrogen and oxygen atoms in total. The predicted molar refractivity (Wildman–Crippen MR) is 61.3 cm³/mol. The Balaban J connectivity index is 0.000000853. The second-order valence-corrected chi connectivity index (χ2v) is 4.18. The molecule has 82 valence electrons. The van der Waals surface area contributed by atoms with Gasteiger partial charge in [-0.05, 0) is 24.8 Å². The molecule has 3 atom stereocenters. The number of hydrogen-bond donors (Lipinski definition) is 2. The van der Waals surface area contributed by atoms with Crippen molar-refractivity contribution in [2.24, 2.45) is 11.8 Å². The van der Waals surface area contributed by atoms with Gasteiger partial charge in [0.2, 0.25) is 5.95 Å². The van der Waals surface area contributed by atoms with E-state index in [0.29, 0.717) is 6.04 Å². The van der Waals surface area contributed by atoms with Crippen LogP contribution >= 0.6 is 12.4 Å². The molecule has 2 N–H and O–H groups in total. The average molecular weight is 227 g/mol. The second-order valence-electron chi connectivity index (χ2n) is 4.18. The largest absolute Gasteiger partial charge is 0.351 e. The lowest BCUT2D eigenvalue weighted by molar-refractivity contribution is 0.693. The highest BCUT2D eigenvalue weighted by Gasteiger charge is 2.53. The molecule has 2 fully saturated rings. The summed E-state index contributed by atoms with van der Waals surface area (Å²) in [6.07, 6.45) is 1.81. The van der Waals surface area contributed by atoms with Crippen LogP contribution < -0.4 is 10.6 Å². The quantitative estimate of drug-likeness (QED) is 0.785. The molecule has 1 aliphatic heterocycles. The van der Waals surface area contributed by atoms with Crippen molar-refractivity contribution in [2.45, 2.75) is 13.0 Å². The molecule has 2 aliphatic rings. The molecular formula is C10H15ClN4. The zero-order valence-corrected chi connectivity index (χ0v) is 9.42. The zero-order valence-electron chi connectivity index (χ0n) is 8.60. The molecule has 15 heavy (non-hydrogen) atoms. The minimum Gasteiger partial charge on any atom is -0.351 e. The van der Waals surface area contributed by atoms with E-state index in [4.69, 9.17) is 0 Å². The van der Waals surface area contributed by atoms with Gasteiger partial charge in [-0.3, -0.25) is 0 Å². The van der Waals surface area contributed by atoms with Crippen LogP contribution in [-0.2, 0) is 0 Å². The van der Waals surface area contributed by atoms with Crippen molar-refractivity contribution in [3.63, 3.8) is 0 Å². The van der Waals surface area contributed by atoms with E-state index < -0.39 is 0 Å². The number of piperidine rings is 1. The van der Waals surface area contributed by atoms with Crippen molar-refractivity contribution in [3.05, 3.63) is 18.0 Å². The van der Waals surface area contributed by atoms with Gasteiger partial charge in [0.05, 0.1) is 0 Å². The molecule has 1 unspecified atom stereocenters. The number of aromatic nitrogens is 2. The van der Waals surface area contributed by atoms with Crippen molar-refractivity contribution < 1.29 is 0 Å². The first kappa shape index (κ1) is 10.6. The number of anilines is 1. The lowest BCUT2D eigenvalue weighted by atomic mass is 10.4. The van der Waals surface area contributed by atoms with E-state index in [1.165, 1.54) is 0 Å². The van der Waals surface area contributed by atoms with Crippen LogP contribution in [0.3, 0.4) is 0 Å². The minimum atomic E-state index is 0. The second kappa shape index (κ2) is 3.94. The first-order chi connectivity index (χ1) is 6.84. The van der Waals surface area contributed by atoms with Crippen LogP contribution in [0.25, 0.3) is 0 Å². The highest BCUT2D eigenvalue weighted by atomic mass is 35.5. The molecular weight excluding hydrogens is 212 g/mol. The SMILES string of the molecule is Cc1ccnc(NC2[C@H]3CNC[C@@H]23)n1.Cl. The van der Waals surface area contributed by atoms with Crippen LogP contribution in [0.2, 0.25) is 0 Å². The molecule has 1 aliphatic carbocycles. The van der Waals surface area contributed by atoms with Crippen LogP contribution in [0.15, 0.2) is 12.3 Å². The van der Waals surface area contributed by atoms with Crippen molar-refractivity contribution >= 4 is 18.4 Å². The Bertz CT molecular complexity index is 347. The normalized spacial score (nSPS) is 31.7. The molecule has 1 saturated carbocycles. The first-order valence-electron chi connectivity index (χ1n) is 5.11. The number of nitrogens with zero attached hydrogens (tertiary/aromatic N) is 2. The number of nitrogens with one attached hydrogen (secondary N) is 2. The summed E-state index contributed by atoms with van der Waals surface area (Å²) in [5.74, 6) is 2.39. The van der Waals surface area contributed by atoms with E-state index in [2.05, 4.69) is 20.6 Å². The summed E-state index contributed by atoms with van der Waals surface area (Å²) < 4.78 is 0. The van der Waals surface area contributed by atoms with E-state index in [1.807, 2.05) is 13.0 Å².